The van der Waals surface area contributed by atoms with Crippen molar-refractivity contribution in [2.24, 2.45) is 0 Å². The van der Waals surface area contributed by atoms with Gasteiger partial charge in [-0.2, -0.15) is 0 Å². The molecule has 0 aliphatic heterocycles. The van der Waals surface area contributed by atoms with Crippen LogP contribution in [0.5, 0.6) is 11.5 Å². The molecule has 0 saturated heterocycles. The van der Waals surface area contributed by atoms with E-state index in [9.17, 15) is 4.48 Å². The summed E-state index contributed by atoms with van der Waals surface area (Å²) in [5.41, 5.74) is 0.399. The van der Waals surface area contributed by atoms with Gasteiger partial charge in [0.05, 0.1) is 19.9 Å². The molecule has 72 valence electrons. The average Bonchev–Trinajstić information content (AvgIpc) is 2.16. The van der Waals surface area contributed by atoms with E-state index in [1.54, 1.807) is 18.2 Å². The minimum atomic E-state index is 0.399. The van der Waals surface area contributed by atoms with Gasteiger partial charge in [0, 0.05) is 25.2 Å². The molecule has 0 heterocycles. The molecule has 0 saturated carbocycles. The molecular formula is C9H12FNO2. The highest BCUT2D eigenvalue weighted by Crippen LogP contribution is 2.27. The molecule has 1 aromatic carbocycles. The van der Waals surface area contributed by atoms with Crippen LogP contribution in [-0.2, 0) is 0 Å². The van der Waals surface area contributed by atoms with Gasteiger partial charge in [-0.05, 0) is 0 Å². The molecule has 0 aromatic heterocycles. The Kier molecular flexibility index (Phi) is 2.95. The first-order chi connectivity index (χ1) is 6.17. The monoisotopic (exact) mass is 185 g/mol. The van der Waals surface area contributed by atoms with Crippen molar-refractivity contribution in [3.63, 3.8) is 0 Å². The van der Waals surface area contributed by atoms with Gasteiger partial charge in [-0.3, -0.25) is 0 Å². The second-order valence-corrected chi connectivity index (χ2v) is 2.55. The maximum atomic E-state index is 12.8. The van der Waals surface area contributed by atoms with E-state index >= 15 is 0 Å². The Hall–Kier alpha value is -1.45. The summed E-state index contributed by atoms with van der Waals surface area (Å²) in [6.45, 7) is 0. The van der Waals surface area contributed by atoms with Crippen LogP contribution in [0.15, 0.2) is 18.2 Å². The first-order valence-corrected chi connectivity index (χ1v) is 3.80. The second-order valence-electron chi connectivity index (χ2n) is 2.55. The molecule has 13 heavy (non-hydrogen) atoms. The van der Waals surface area contributed by atoms with Crippen molar-refractivity contribution in [3.05, 3.63) is 18.2 Å². The lowest BCUT2D eigenvalue weighted by Gasteiger charge is -2.11. The van der Waals surface area contributed by atoms with Crippen LogP contribution >= 0.6 is 0 Å². The second kappa shape index (κ2) is 3.98. The Labute approximate surface area is 76.6 Å². The summed E-state index contributed by atoms with van der Waals surface area (Å²) in [6.07, 6.45) is 0. The summed E-state index contributed by atoms with van der Waals surface area (Å²) in [6, 6.07) is 4.86. The molecule has 1 aromatic rings. The first kappa shape index (κ1) is 9.64. The molecule has 0 spiro atoms. The Morgan fingerprint density at radius 1 is 1.08 bits per heavy atom. The quantitative estimate of drug-likeness (QED) is 0.672. The summed E-state index contributed by atoms with van der Waals surface area (Å²) in [7, 11) is 4.36. The van der Waals surface area contributed by atoms with Crippen molar-refractivity contribution >= 4 is 5.69 Å². The summed E-state index contributed by atoms with van der Waals surface area (Å²) < 4.78 is 22.7. The maximum Gasteiger partial charge on any atom is 0.124 e. The van der Waals surface area contributed by atoms with Gasteiger partial charge >= 0.3 is 0 Å². The van der Waals surface area contributed by atoms with Gasteiger partial charge in [-0.25, -0.2) is 5.12 Å². The smallest absolute Gasteiger partial charge is 0.124 e. The van der Waals surface area contributed by atoms with E-state index in [-0.39, 0.29) is 0 Å². The van der Waals surface area contributed by atoms with Crippen LogP contribution in [-0.4, -0.2) is 21.3 Å². The Morgan fingerprint density at radius 2 is 1.54 bits per heavy atom. The van der Waals surface area contributed by atoms with E-state index in [0.717, 1.165) is 0 Å². The SMILES string of the molecule is COc1cc(OC)cc(N(C)F)c1. The lowest BCUT2D eigenvalue weighted by Crippen LogP contribution is -2.02. The van der Waals surface area contributed by atoms with E-state index in [2.05, 4.69) is 0 Å². The molecule has 0 atom stereocenters. The van der Waals surface area contributed by atoms with E-state index in [1.165, 1.54) is 21.3 Å². The molecule has 1 rings (SSSR count). The molecule has 3 nitrogen and oxygen atoms in total. The topological polar surface area (TPSA) is 21.7 Å². The van der Waals surface area contributed by atoms with Crippen molar-refractivity contribution in [3.8, 4) is 11.5 Å². The minimum Gasteiger partial charge on any atom is -0.497 e. The number of benzene rings is 1. The van der Waals surface area contributed by atoms with Crippen molar-refractivity contribution < 1.29 is 14.0 Å². The first-order valence-electron chi connectivity index (χ1n) is 3.80. The summed E-state index contributed by atoms with van der Waals surface area (Å²) in [5.74, 6) is 1.14. The molecule has 0 amide bonds. The lowest BCUT2D eigenvalue weighted by atomic mass is 10.3. The van der Waals surface area contributed by atoms with Gasteiger partial charge < -0.3 is 9.47 Å². The number of nitrogens with zero attached hydrogens (tertiary/aromatic N) is 1. The number of methoxy groups -OCH3 is 2. The van der Waals surface area contributed by atoms with E-state index in [1.807, 2.05) is 0 Å². The van der Waals surface area contributed by atoms with Gasteiger partial charge in [0.25, 0.3) is 0 Å². The molecule has 0 aliphatic rings. The fraction of sp³-hybridized carbons (Fsp3) is 0.333. The number of rotatable bonds is 3. The normalized spacial score (nSPS) is 9.54. The van der Waals surface area contributed by atoms with Crippen molar-refractivity contribution in [1.29, 1.82) is 0 Å². The van der Waals surface area contributed by atoms with E-state index in [4.69, 9.17) is 9.47 Å². The van der Waals surface area contributed by atoms with Crippen LogP contribution in [0.2, 0.25) is 0 Å². The molecular weight excluding hydrogens is 173 g/mol. The highest BCUT2D eigenvalue weighted by atomic mass is 19.2. The van der Waals surface area contributed by atoms with Crippen molar-refractivity contribution in [2.45, 2.75) is 0 Å². The summed E-state index contributed by atoms with van der Waals surface area (Å²) >= 11 is 0. The van der Waals surface area contributed by atoms with E-state index in [0.29, 0.717) is 22.3 Å². The standard InChI is InChI=1S/C9H12FNO2/c1-11(10)7-4-8(12-2)6-9(5-7)13-3/h4-6H,1-3H3. The summed E-state index contributed by atoms with van der Waals surface area (Å²) in [4.78, 5) is 0. The van der Waals surface area contributed by atoms with Crippen LogP contribution in [0.3, 0.4) is 0 Å². The number of halogens is 1. The largest absolute Gasteiger partial charge is 0.497 e. The fourth-order valence-corrected chi connectivity index (χ4v) is 0.970. The van der Waals surface area contributed by atoms with Crippen molar-refractivity contribution in [1.82, 2.24) is 0 Å². The molecule has 0 fully saturated rings. The van der Waals surface area contributed by atoms with Crippen LogP contribution in [0.4, 0.5) is 10.2 Å². The van der Waals surface area contributed by atoms with Crippen LogP contribution < -0.4 is 14.6 Å². The zero-order valence-corrected chi connectivity index (χ0v) is 7.87. The molecule has 0 N–H and O–H groups in total. The molecule has 0 aliphatic carbocycles. The fourth-order valence-electron chi connectivity index (χ4n) is 0.970. The molecule has 4 heteroatoms. The van der Waals surface area contributed by atoms with Crippen LogP contribution in [0.1, 0.15) is 0 Å². The predicted octanol–water partition coefficient (Wildman–Crippen LogP) is 2.02. The minimum absolute atomic E-state index is 0.399. The summed E-state index contributed by atoms with van der Waals surface area (Å²) in [5, 5.41) is 0.505. The molecule has 0 radical (unpaired) electrons. The van der Waals surface area contributed by atoms with Gasteiger partial charge in [0.2, 0.25) is 0 Å². The van der Waals surface area contributed by atoms with Gasteiger partial charge in [0.15, 0.2) is 0 Å². The molecule has 0 unspecified atom stereocenters. The third kappa shape index (κ3) is 2.24. The van der Waals surface area contributed by atoms with Gasteiger partial charge in [0.1, 0.15) is 11.5 Å². The van der Waals surface area contributed by atoms with E-state index < -0.39 is 0 Å². The zero-order valence-electron chi connectivity index (χ0n) is 7.87. The van der Waals surface area contributed by atoms with Crippen LogP contribution in [0.25, 0.3) is 0 Å². The molecule has 0 bridgehead atoms. The Morgan fingerprint density at radius 3 is 1.85 bits per heavy atom. The third-order valence-corrected chi connectivity index (χ3v) is 1.69. The predicted molar refractivity (Wildman–Crippen MR) is 49.1 cm³/mol. The number of hydrogen-bond acceptors (Lipinski definition) is 3. The number of ether oxygens (including phenoxy) is 2. The van der Waals surface area contributed by atoms with Crippen molar-refractivity contribution in [2.75, 3.05) is 26.4 Å². The number of hydrogen-bond donors (Lipinski definition) is 0. The Balaban J connectivity index is 3.07. The van der Waals surface area contributed by atoms with Gasteiger partial charge in [-0.15, -0.1) is 4.48 Å². The highest BCUT2D eigenvalue weighted by Gasteiger charge is 2.04. The lowest BCUT2D eigenvalue weighted by molar-refractivity contribution is 0.392. The van der Waals surface area contributed by atoms with Crippen LogP contribution in [0, 0.1) is 0 Å². The maximum absolute atomic E-state index is 12.8. The highest BCUT2D eigenvalue weighted by molar-refractivity contribution is 5.53. The average molecular weight is 185 g/mol. The van der Waals surface area contributed by atoms with Gasteiger partial charge in [-0.1, -0.05) is 0 Å². The zero-order chi connectivity index (χ0) is 9.84. The number of anilines is 1. The third-order valence-electron chi connectivity index (χ3n) is 1.69. The Bertz CT molecular complexity index is 267.